The highest BCUT2D eigenvalue weighted by Gasteiger charge is 2.12. The zero-order valence-corrected chi connectivity index (χ0v) is 18.1. The largest absolute Gasteiger partial charge is 0.457 e. The molecule has 0 N–H and O–H groups in total. The lowest BCUT2D eigenvalue weighted by atomic mass is 10.0. The summed E-state index contributed by atoms with van der Waals surface area (Å²) in [6, 6.07) is 0. The summed E-state index contributed by atoms with van der Waals surface area (Å²) < 4.78 is 4.83. The SMILES string of the molecule is C1CCCCCCCCCCCCCCCC1.C=CC(=O)OC(C)(C)C. The first kappa shape index (κ1) is 25.2. The van der Waals surface area contributed by atoms with Crippen molar-refractivity contribution in [3.8, 4) is 0 Å². The number of ether oxygens (including phenoxy) is 1. The van der Waals surface area contributed by atoms with Crippen LogP contribution in [0.2, 0.25) is 0 Å². The Morgan fingerprint density at radius 1 is 0.615 bits per heavy atom. The Hall–Kier alpha value is -0.790. The third kappa shape index (κ3) is 21.3. The van der Waals surface area contributed by atoms with Crippen molar-refractivity contribution in [3.05, 3.63) is 12.7 Å². The van der Waals surface area contributed by atoms with Crippen LogP contribution in [0.25, 0.3) is 0 Å². The van der Waals surface area contributed by atoms with Crippen LogP contribution in [0.1, 0.15) is 130 Å². The quantitative estimate of drug-likeness (QED) is 0.346. The molecule has 0 aromatic heterocycles. The number of hydrogen-bond acceptors (Lipinski definition) is 2. The maximum Gasteiger partial charge on any atom is 0.330 e. The van der Waals surface area contributed by atoms with Crippen molar-refractivity contribution in [2.45, 2.75) is 136 Å². The van der Waals surface area contributed by atoms with Crippen molar-refractivity contribution in [2.24, 2.45) is 0 Å². The number of rotatable bonds is 1. The standard InChI is InChI=1S/C17H34.C7H12O2/c1-2-4-6-8-10-12-14-16-17-15-13-11-9-7-5-3-1;1-5-6(8)9-7(2,3)4/h1-17H2;5H,1H2,2-4H3. The van der Waals surface area contributed by atoms with E-state index < -0.39 is 5.60 Å². The van der Waals surface area contributed by atoms with E-state index in [1.807, 2.05) is 20.8 Å². The molecule has 0 aromatic rings. The minimum atomic E-state index is -0.398. The van der Waals surface area contributed by atoms with Gasteiger partial charge >= 0.3 is 5.97 Å². The summed E-state index contributed by atoms with van der Waals surface area (Å²) in [5.74, 6) is -0.373. The molecule has 2 nitrogen and oxygen atoms in total. The van der Waals surface area contributed by atoms with Gasteiger partial charge in [-0.1, -0.05) is 116 Å². The van der Waals surface area contributed by atoms with Crippen LogP contribution in [0, 0.1) is 0 Å². The lowest BCUT2D eigenvalue weighted by Crippen LogP contribution is -2.22. The van der Waals surface area contributed by atoms with Crippen LogP contribution in [0.4, 0.5) is 0 Å². The Balaban J connectivity index is 0.000000590. The van der Waals surface area contributed by atoms with Gasteiger partial charge in [-0.15, -0.1) is 0 Å². The number of hydrogen-bond donors (Lipinski definition) is 0. The van der Waals surface area contributed by atoms with E-state index in [1.54, 1.807) is 0 Å². The van der Waals surface area contributed by atoms with E-state index in [2.05, 4.69) is 6.58 Å². The lowest BCUT2D eigenvalue weighted by molar-refractivity contribution is -0.148. The molecule has 0 atom stereocenters. The fourth-order valence-corrected chi connectivity index (χ4v) is 3.35. The Kier molecular flexibility index (Phi) is 17.1. The van der Waals surface area contributed by atoms with Crippen molar-refractivity contribution in [1.29, 1.82) is 0 Å². The van der Waals surface area contributed by atoms with Crippen LogP contribution in [-0.4, -0.2) is 11.6 Å². The molecular formula is C24H46O2. The van der Waals surface area contributed by atoms with Crippen LogP contribution >= 0.6 is 0 Å². The average molecular weight is 367 g/mol. The summed E-state index contributed by atoms with van der Waals surface area (Å²) in [7, 11) is 0. The predicted octanol–water partition coefficient (Wildman–Crippen LogP) is 8.15. The summed E-state index contributed by atoms with van der Waals surface area (Å²) >= 11 is 0. The van der Waals surface area contributed by atoms with Crippen LogP contribution in [-0.2, 0) is 9.53 Å². The van der Waals surface area contributed by atoms with Crippen LogP contribution in [0.3, 0.4) is 0 Å². The molecule has 0 unspecified atom stereocenters. The van der Waals surface area contributed by atoms with Crippen molar-refractivity contribution < 1.29 is 9.53 Å². The molecule has 1 aliphatic carbocycles. The zero-order valence-electron chi connectivity index (χ0n) is 18.1. The Labute approximate surface area is 164 Å². The molecule has 0 bridgehead atoms. The molecule has 1 aliphatic rings. The van der Waals surface area contributed by atoms with Crippen molar-refractivity contribution >= 4 is 5.97 Å². The molecule has 0 aliphatic heterocycles. The van der Waals surface area contributed by atoms with Gasteiger partial charge in [0.15, 0.2) is 0 Å². The smallest absolute Gasteiger partial charge is 0.330 e. The second-order valence-electron chi connectivity index (χ2n) is 8.75. The molecule has 0 heterocycles. The van der Waals surface area contributed by atoms with Gasteiger partial charge in [0.25, 0.3) is 0 Å². The molecule has 0 amide bonds. The lowest BCUT2D eigenvalue weighted by Gasteiger charge is -2.17. The minimum absolute atomic E-state index is 0.373. The first-order chi connectivity index (χ1) is 12.5. The molecule has 154 valence electrons. The summed E-state index contributed by atoms with van der Waals surface area (Å²) in [5.41, 5.74) is -0.398. The molecule has 0 spiro atoms. The zero-order chi connectivity index (χ0) is 19.5. The van der Waals surface area contributed by atoms with Gasteiger partial charge in [0.05, 0.1) is 0 Å². The summed E-state index contributed by atoms with van der Waals surface area (Å²) in [5, 5.41) is 0. The fraction of sp³-hybridized carbons (Fsp3) is 0.875. The van der Waals surface area contributed by atoms with Gasteiger partial charge in [0, 0.05) is 6.08 Å². The van der Waals surface area contributed by atoms with Gasteiger partial charge in [-0.25, -0.2) is 4.79 Å². The van der Waals surface area contributed by atoms with E-state index in [9.17, 15) is 4.79 Å². The normalized spacial score (nSPS) is 19.3. The monoisotopic (exact) mass is 366 g/mol. The molecule has 1 saturated carbocycles. The van der Waals surface area contributed by atoms with Crippen molar-refractivity contribution in [3.63, 3.8) is 0 Å². The Bertz CT molecular complexity index is 258. The molecule has 1 rings (SSSR count). The first-order valence-corrected chi connectivity index (χ1v) is 11.3. The van der Waals surface area contributed by atoms with Crippen LogP contribution < -0.4 is 0 Å². The second-order valence-corrected chi connectivity index (χ2v) is 8.75. The van der Waals surface area contributed by atoms with Crippen LogP contribution in [0.5, 0.6) is 0 Å². The van der Waals surface area contributed by atoms with Gasteiger partial charge in [-0.05, 0) is 20.8 Å². The van der Waals surface area contributed by atoms with Gasteiger partial charge in [0.1, 0.15) is 5.60 Å². The number of carbonyl (C=O) groups excluding carboxylic acids is 1. The molecule has 26 heavy (non-hydrogen) atoms. The van der Waals surface area contributed by atoms with Gasteiger partial charge < -0.3 is 4.74 Å². The van der Waals surface area contributed by atoms with Gasteiger partial charge in [0.2, 0.25) is 0 Å². The molecule has 0 aromatic carbocycles. The third-order valence-electron chi connectivity index (χ3n) is 4.82. The van der Waals surface area contributed by atoms with E-state index in [-0.39, 0.29) is 5.97 Å². The maximum atomic E-state index is 10.5. The third-order valence-corrected chi connectivity index (χ3v) is 4.82. The van der Waals surface area contributed by atoms with Crippen molar-refractivity contribution in [1.82, 2.24) is 0 Å². The van der Waals surface area contributed by atoms with Gasteiger partial charge in [-0.2, -0.15) is 0 Å². The summed E-state index contributed by atoms with van der Waals surface area (Å²) in [4.78, 5) is 10.5. The minimum Gasteiger partial charge on any atom is -0.457 e. The highest BCUT2D eigenvalue weighted by Crippen LogP contribution is 2.16. The number of carbonyl (C=O) groups is 1. The van der Waals surface area contributed by atoms with Gasteiger partial charge in [-0.3, -0.25) is 0 Å². The topological polar surface area (TPSA) is 26.3 Å². The first-order valence-electron chi connectivity index (χ1n) is 11.3. The molecule has 1 fully saturated rings. The van der Waals surface area contributed by atoms with E-state index in [4.69, 9.17) is 4.74 Å². The maximum absolute atomic E-state index is 10.5. The molecule has 0 radical (unpaired) electrons. The summed E-state index contributed by atoms with van der Waals surface area (Å²) in [6.45, 7) is 8.71. The molecule has 2 heteroatoms. The van der Waals surface area contributed by atoms with Crippen LogP contribution in [0.15, 0.2) is 12.7 Å². The Morgan fingerprint density at radius 3 is 0.885 bits per heavy atom. The van der Waals surface area contributed by atoms with E-state index in [0.29, 0.717) is 0 Å². The highest BCUT2D eigenvalue weighted by atomic mass is 16.6. The molecular weight excluding hydrogens is 320 g/mol. The Morgan fingerprint density at radius 2 is 0.808 bits per heavy atom. The number of esters is 1. The fourth-order valence-electron chi connectivity index (χ4n) is 3.35. The highest BCUT2D eigenvalue weighted by molar-refractivity contribution is 5.81. The van der Waals surface area contributed by atoms with Crippen molar-refractivity contribution in [2.75, 3.05) is 0 Å². The average Bonchev–Trinajstić information content (AvgIpc) is 2.58. The second kappa shape index (κ2) is 17.6. The van der Waals surface area contributed by atoms with E-state index in [0.717, 1.165) is 6.08 Å². The molecule has 0 saturated heterocycles. The summed E-state index contributed by atoms with van der Waals surface area (Å²) in [6.07, 6.45) is 26.7. The predicted molar refractivity (Wildman–Crippen MR) is 115 cm³/mol. The van der Waals surface area contributed by atoms with E-state index >= 15 is 0 Å². The van der Waals surface area contributed by atoms with E-state index in [1.165, 1.54) is 109 Å².